The minimum absolute atomic E-state index is 0.0429. The molecule has 0 saturated carbocycles. The smallest absolute Gasteiger partial charge is 0.257 e. The lowest BCUT2D eigenvalue weighted by molar-refractivity contribution is 0.0792. The van der Waals surface area contributed by atoms with E-state index in [2.05, 4.69) is 0 Å². The van der Waals surface area contributed by atoms with E-state index in [0.717, 1.165) is 13.0 Å². The van der Waals surface area contributed by atoms with Gasteiger partial charge in [0.15, 0.2) is 0 Å². The van der Waals surface area contributed by atoms with E-state index in [-0.39, 0.29) is 5.91 Å². The lowest BCUT2D eigenvalue weighted by atomic mass is 10.1. The molecule has 0 aliphatic carbocycles. The molecule has 1 rings (SSSR count). The Balaban J connectivity index is 2.98. The third-order valence-electron chi connectivity index (χ3n) is 2.36. The number of hydrogen-bond donors (Lipinski definition) is 1. The molecule has 4 heteroatoms. The van der Waals surface area contributed by atoms with Gasteiger partial charge in [0, 0.05) is 25.3 Å². The summed E-state index contributed by atoms with van der Waals surface area (Å²) in [6.07, 6.45) is 0.930. The molecule has 0 heterocycles. The van der Waals surface area contributed by atoms with Gasteiger partial charge in [-0.15, -0.1) is 0 Å². The Morgan fingerprint density at radius 1 is 1.50 bits per heavy atom. The number of amides is 1. The van der Waals surface area contributed by atoms with Crippen LogP contribution in [0.2, 0.25) is 0 Å². The number of ether oxygens (including phenoxy) is 1. The van der Waals surface area contributed by atoms with E-state index >= 15 is 0 Å². The number of nitrogens with two attached hydrogens (primary N) is 1. The van der Waals surface area contributed by atoms with Crippen molar-refractivity contribution in [2.75, 3.05) is 26.4 Å². The minimum Gasteiger partial charge on any atom is -0.496 e. The predicted molar refractivity (Wildman–Crippen MR) is 64.7 cm³/mol. The van der Waals surface area contributed by atoms with Crippen molar-refractivity contribution < 1.29 is 9.53 Å². The van der Waals surface area contributed by atoms with Crippen LogP contribution in [-0.2, 0) is 0 Å². The average molecular weight is 222 g/mol. The summed E-state index contributed by atoms with van der Waals surface area (Å²) in [4.78, 5) is 13.7. The number of carbonyl (C=O) groups excluding carboxylic acids is 1. The van der Waals surface area contributed by atoms with Gasteiger partial charge in [0.2, 0.25) is 0 Å². The summed E-state index contributed by atoms with van der Waals surface area (Å²) in [7, 11) is 3.31. The Labute approximate surface area is 96.0 Å². The van der Waals surface area contributed by atoms with E-state index in [1.807, 2.05) is 6.92 Å². The lowest BCUT2D eigenvalue weighted by Crippen LogP contribution is -2.27. The van der Waals surface area contributed by atoms with Gasteiger partial charge in [-0.3, -0.25) is 4.79 Å². The van der Waals surface area contributed by atoms with Gasteiger partial charge in [-0.2, -0.15) is 0 Å². The molecule has 4 nitrogen and oxygen atoms in total. The molecule has 1 aromatic rings. The SMILES string of the molecule is CCCN(C)C(=O)c1ccc(N)cc1OC. The van der Waals surface area contributed by atoms with Crippen molar-refractivity contribution in [3.05, 3.63) is 23.8 Å². The van der Waals surface area contributed by atoms with Gasteiger partial charge in [-0.25, -0.2) is 0 Å². The van der Waals surface area contributed by atoms with Crippen LogP contribution in [0.15, 0.2) is 18.2 Å². The van der Waals surface area contributed by atoms with Crippen LogP contribution in [0.25, 0.3) is 0 Å². The molecule has 0 atom stereocenters. The number of carbonyl (C=O) groups is 1. The maximum absolute atomic E-state index is 12.0. The van der Waals surface area contributed by atoms with Gasteiger partial charge in [-0.1, -0.05) is 6.92 Å². The number of rotatable bonds is 4. The Hall–Kier alpha value is -1.71. The summed E-state index contributed by atoms with van der Waals surface area (Å²) in [5.41, 5.74) is 6.77. The van der Waals surface area contributed by atoms with Crippen LogP contribution in [-0.4, -0.2) is 31.5 Å². The molecular weight excluding hydrogens is 204 g/mol. The molecule has 16 heavy (non-hydrogen) atoms. The van der Waals surface area contributed by atoms with Crippen molar-refractivity contribution in [2.45, 2.75) is 13.3 Å². The summed E-state index contributed by atoms with van der Waals surface area (Å²) in [6, 6.07) is 5.06. The van der Waals surface area contributed by atoms with Crippen LogP contribution in [0.4, 0.5) is 5.69 Å². The van der Waals surface area contributed by atoms with Crippen LogP contribution in [0.3, 0.4) is 0 Å². The van der Waals surface area contributed by atoms with Crippen molar-refractivity contribution in [1.82, 2.24) is 4.90 Å². The average Bonchev–Trinajstić information content (AvgIpc) is 2.28. The molecule has 0 radical (unpaired) electrons. The van der Waals surface area contributed by atoms with E-state index in [1.165, 1.54) is 7.11 Å². The Morgan fingerprint density at radius 2 is 2.19 bits per heavy atom. The van der Waals surface area contributed by atoms with E-state index in [1.54, 1.807) is 30.1 Å². The molecule has 0 aliphatic heterocycles. The molecule has 0 spiro atoms. The van der Waals surface area contributed by atoms with Crippen molar-refractivity contribution in [3.63, 3.8) is 0 Å². The Morgan fingerprint density at radius 3 is 2.75 bits per heavy atom. The molecule has 0 aromatic heterocycles. The Bertz CT molecular complexity index is 377. The number of hydrogen-bond acceptors (Lipinski definition) is 3. The molecule has 0 unspecified atom stereocenters. The van der Waals surface area contributed by atoms with E-state index in [9.17, 15) is 4.79 Å². The number of benzene rings is 1. The summed E-state index contributed by atoms with van der Waals surface area (Å²) >= 11 is 0. The van der Waals surface area contributed by atoms with Crippen molar-refractivity contribution in [3.8, 4) is 5.75 Å². The third kappa shape index (κ3) is 2.66. The molecule has 0 saturated heterocycles. The second-order valence-electron chi connectivity index (χ2n) is 3.69. The number of anilines is 1. The fourth-order valence-electron chi connectivity index (χ4n) is 1.53. The topological polar surface area (TPSA) is 55.6 Å². The van der Waals surface area contributed by atoms with Gasteiger partial charge < -0.3 is 15.4 Å². The van der Waals surface area contributed by atoms with Crippen LogP contribution in [0.1, 0.15) is 23.7 Å². The molecule has 2 N–H and O–H groups in total. The predicted octanol–water partition coefficient (Wildman–Crippen LogP) is 1.76. The monoisotopic (exact) mass is 222 g/mol. The van der Waals surface area contributed by atoms with Gasteiger partial charge in [-0.05, 0) is 18.6 Å². The zero-order chi connectivity index (χ0) is 12.1. The standard InChI is InChI=1S/C12H18N2O2/c1-4-7-14(2)12(15)10-6-5-9(13)8-11(10)16-3/h5-6,8H,4,7,13H2,1-3H3. The molecule has 0 bridgehead atoms. The number of nitrogens with zero attached hydrogens (tertiary/aromatic N) is 1. The summed E-state index contributed by atoms with van der Waals surface area (Å²) in [5.74, 6) is 0.478. The molecule has 1 aromatic carbocycles. The van der Waals surface area contributed by atoms with Crippen molar-refractivity contribution in [2.24, 2.45) is 0 Å². The van der Waals surface area contributed by atoms with Gasteiger partial charge in [0.25, 0.3) is 5.91 Å². The van der Waals surface area contributed by atoms with E-state index in [4.69, 9.17) is 10.5 Å². The Kier molecular flexibility index (Phi) is 4.17. The first-order chi connectivity index (χ1) is 7.60. The van der Waals surface area contributed by atoms with Crippen LogP contribution < -0.4 is 10.5 Å². The maximum Gasteiger partial charge on any atom is 0.257 e. The second kappa shape index (κ2) is 5.39. The highest BCUT2D eigenvalue weighted by Gasteiger charge is 2.15. The first-order valence-corrected chi connectivity index (χ1v) is 5.29. The molecular formula is C12H18N2O2. The molecule has 0 fully saturated rings. The highest BCUT2D eigenvalue weighted by Crippen LogP contribution is 2.22. The second-order valence-corrected chi connectivity index (χ2v) is 3.69. The lowest BCUT2D eigenvalue weighted by Gasteiger charge is -2.17. The van der Waals surface area contributed by atoms with Crippen molar-refractivity contribution >= 4 is 11.6 Å². The quantitative estimate of drug-likeness (QED) is 0.790. The fourth-order valence-corrected chi connectivity index (χ4v) is 1.53. The normalized spacial score (nSPS) is 9.94. The fraction of sp³-hybridized carbons (Fsp3) is 0.417. The van der Waals surface area contributed by atoms with Gasteiger partial charge >= 0.3 is 0 Å². The van der Waals surface area contributed by atoms with Crippen LogP contribution in [0, 0.1) is 0 Å². The largest absolute Gasteiger partial charge is 0.496 e. The highest BCUT2D eigenvalue weighted by molar-refractivity contribution is 5.97. The van der Waals surface area contributed by atoms with Crippen molar-refractivity contribution in [1.29, 1.82) is 0 Å². The first kappa shape index (κ1) is 12.4. The zero-order valence-corrected chi connectivity index (χ0v) is 9.99. The number of methoxy groups -OCH3 is 1. The summed E-state index contributed by atoms with van der Waals surface area (Å²) in [6.45, 7) is 2.76. The zero-order valence-electron chi connectivity index (χ0n) is 9.99. The van der Waals surface area contributed by atoms with Gasteiger partial charge in [0.05, 0.1) is 12.7 Å². The van der Waals surface area contributed by atoms with E-state index in [0.29, 0.717) is 17.0 Å². The summed E-state index contributed by atoms with van der Waals surface area (Å²) < 4.78 is 5.15. The number of nitrogen functional groups attached to an aromatic ring is 1. The molecule has 88 valence electrons. The van der Waals surface area contributed by atoms with Crippen LogP contribution >= 0.6 is 0 Å². The third-order valence-corrected chi connectivity index (χ3v) is 2.36. The summed E-state index contributed by atoms with van der Waals surface area (Å²) in [5, 5.41) is 0. The maximum atomic E-state index is 12.0. The highest BCUT2D eigenvalue weighted by atomic mass is 16.5. The van der Waals surface area contributed by atoms with Gasteiger partial charge in [0.1, 0.15) is 5.75 Å². The minimum atomic E-state index is -0.0429. The molecule has 0 aliphatic rings. The molecule has 1 amide bonds. The first-order valence-electron chi connectivity index (χ1n) is 5.29. The van der Waals surface area contributed by atoms with E-state index < -0.39 is 0 Å². The van der Waals surface area contributed by atoms with Crippen LogP contribution in [0.5, 0.6) is 5.75 Å².